The maximum absolute atomic E-state index is 2.26. The van der Waals surface area contributed by atoms with Crippen molar-refractivity contribution in [3.8, 4) is 0 Å². The minimum Gasteiger partial charge on any atom is -1.00 e. The number of hydrogen-bond acceptors (Lipinski definition) is 1. The topological polar surface area (TPSA) is 3.88 Å². The van der Waals surface area contributed by atoms with Crippen LogP contribution in [0.2, 0.25) is 0 Å². The normalized spacial score (nSPS) is 9.10. The molecule has 1 aromatic rings. The van der Waals surface area contributed by atoms with Gasteiger partial charge in [-0.3, -0.25) is 0 Å². The number of aryl methyl sites for hydroxylation is 2. The van der Waals surface area contributed by atoms with Crippen LogP contribution in [-0.4, -0.2) is 0 Å². The van der Waals surface area contributed by atoms with E-state index in [1.54, 1.807) is 0 Å². The first-order chi connectivity index (χ1) is 4.25. The quantitative estimate of drug-likeness (QED) is 0.440. The van der Waals surface area contributed by atoms with Crippen LogP contribution in [0.5, 0.6) is 0 Å². The van der Waals surface area contributed by atoms with Gasteiger partial charge in [-0.2, -0.15) is 4.57 Å². The monoisotopic (exact) mass is 269 g/mol. The van der Waals surface area contributed by atoms with Crippen molar-refractivity contribution in [1.82, 2.24) is 0 Å². The molecular formula is C7H12INS. The van der Waals surface area contributed by atoms with E-state index in [4.69, 9.17) is 0 Å². The Bertz CT molecular complexity index is 207. The van der Waals surface area contributed by atoms with Crippen LogP contribution in [0.3, 0.4) is 0 Å². The van der Waals surface area contributed by atoms with Crippen molar-refractivity contribution in [2.24, 2.45) is 0 Å². The predicted molar refractivity (Wildman–Crippen MR) is 39.7 cm³/mol. The maximum Gasteiger partial charge on any atom is 0.225 e. The summed E-state index contributed by atoms with van der Waals surface area (Å²) >= 11 is 1.82. The predicted octanol–water partition coefficient (Wildman–Crippen LogP) is -1.32. The Balaban J connectivity index is 0.000000810. The van der Waals surface area contributed by atoms with E-state index in [1.807, 2.05) is 11.3 Å². The second kappa shape index (κ2) is 4.28. The second-order valence-corrected chi connectivity index (χ2v) is 3.21. The molecule has 0 atom stereocenters. The molecule has 0 bridgehead atoms. The highest BCUT2D eigenvalue weighted by molar-refractivity contribution is 7.09. The molecule has 0 aliphatic carbocycles. The van der Waals surface area contributed by atoms with Gasteiger partial charge in [-0.1, -0.05) is 11.3 Å². The molecule has 0 aliphatic heterocycles. The molecule has 0 saturated carbocycles. The van der Waals surface area contributed by atoms with Crippen molar-refractivity contribution in [3.05, 3.63) is 16.1 Å². The van der Waals surface area contributed by atoms with Gasteiger partial charge in [0.05, 0.1) is 4.88 Å². The Labute approximate surface area is 83.1 Å². The molecule has 3 heteroatoms. The Hall–Kier alpha value is 0.360. The van der Waals surface area contributed by atoms with Crippen LogP contribution in [0.25, 0.3) is 0 Å². The zero-order valence-corrected chi connectivity index (χ0v) is 9.49. The van der Waals surface area contributed by atoms with E-state index < -0.39 is 0 Å². The first-order valence-corrected chi connectivity index (χ1v) is 4.07. The highest BCUT2D eigenvalue weighted by Crippen LogP contribution is 2.06. The van der Waals surface area contributed by atoms with Crippen LogP contribution in [0, 0.1) is 13.8 Å². The van der Waals surface area contributed by atoms with Crippen molar-refractivity contribution in [1.29, 1.82) is 0 Å². The van der Waals surface area contributed by atoms with Crippen LogP contribution in [-0.2, 0) is 6.54 Å². The van der Waals surface area contributed by atoms with Gasteiger partial charge in [-0.25, -0.2) is 0 Å². The number of halogens is 1. The molecule has 0 fully saturated rings. The number of thiazole rings is 1. The minimum absolute atomic E-state index is 0. The lowest BCUT2D eigenvalue weighted by atomic mass is 10.4. The summed E-state index contributed by atoms with van der Waals surface area (Å²) in [5.41, 5.74) is 3.58. The van der Waals surface area contributed by atoms with E-state index in [0.717, 1.165) is 6.54 Å². The summed E-state index contributed by atoms with van der Waals surface area (Å²) in [6.45, 7) is 7.58. The van der Waals surface area contributed by atoms with E-state index in [1.165, 1.54) is 10.6 Å². The van der Waals surface area contributed by atoms with E-state index >= 15 is 0 Å². The fourth-order valence-corrected chi connectivity index (χ4v) is 1.70. The lowest BCUT2D eigenvalue weighted by Crippen LogP contribution is -3.00. The molecule has 0 saturated heterocycles. The summed E-state index contributed by atoms with van der Waals surface area (Å²) in [6, 6.07) is 0. The molecule has 0 spiro atoms. The number of nitrogens with zero attached hydrogens (tertiary/aromatic N) is 1. The van der Waals surface area contributed by atoms with Gasteiger partial charge in [0.2, 0.25) is 5.51 Å². The molecule has 58 valence electrons. The number of hydrogen-bond donors (Lipinski definition) is 0. The van der Waals surface area contributed by atoms with Crippen molar-refractivity contribution < 1.29 is 28.5 Å². The number of aromatic nitrogens is 1. The van der Waals surface area contributed by atoms with Crippen LogP contribution in [0.4, 0.5) is 0 Å². The second-order valence-electron chi connectivity index (χ2n) is 2.15. The Morgan fingerprint density at radius 3 is 2.30 bits per heavy atom. The summed E-state index contributed by atoms with van der Waals surface area (Å²) in [4.78, 5) is 1.43. The fraction of sp³-hybridized carbons (Fsp3) is 0.571. The summed E-state index contributed by atoms with van der Waals surface area (Å²) in [6.07, 6.45) is 0. The summed E-state index contributed by atoms with van der Waals surface area (Å²) < 4.78 is 2.26. The van der Waals surface area contributed by atoms with Crippen LogP contribution < -0.4 is 28.5 Å². The largest absolute Gasteiger partial charge is 1.00 e. The van der Waals surface area contributed by atoms with Crippen LogP contribution >= 0.6 is 11.3 Å². The summed E-state index contributed by atoms with van der Waals surface area (Å²) in [5.74, 6) is 0. The van der Waals surface area contributed by atoms with Gasteiger partial charge in [0, 0.05) is 6.92 Å². The molecule has 0 N–H and O–H groups in total. The molecule has 10 heavy (non-hydrogen) atoms. The van der Waals surface area contributed by atoms with E-state index in [-0.39, 0.29) is 24.0 Å². The molecule has 0 aliphatic rings. The Kier molecular flexibility index (Phi) is 4.44. The van der Waals surface area contributed by atoms with Gasteiger partial charge in [-0.05, 0) is 13.8 Å². The maximum atomic E-state index is 2.26. The van der Waals surface area contributed by atoms with Gasteiger partial charge in [0.1, 0.15) is 6.54 Å². The minimum atomic E-state index is 0. The molecular weight excluding hydrogens is 257 g/mol. The summed E-state index contributed by atoms with van der Waals surface area (Å²) in [5, 5.41) is 0. The molecule has 0 aromatic carbocycles. The average Bonchev–Trinajstić information content (AvgIpc) is 2.15. The lowest BCUT2D eigenvalue weighted by molar-refractivity contribution is -0.694. The SMILES string of the molecule is CC[n+]1csc(C)c1C.[I-]. The van der Waals surface area contributed by atoms with Crippen LogP contribution in [0.15, 0.2) is 5.51 Å². The van der Waals surface area contributed by atoms with E-state index in [2.05, 4.69) is 30.8 Å². The molecule has 0 amide bonds. The van der Waals surface area contributed by atoms with E-state index in [0.29, 0.717) is 0 Å². The van der Waals surface area contributed by atoms with Crippen LogP contribution in [0.1, 0.15) is 17.5 Å². The molecule has 1 rings (SSSR count). The smallest absolute Gasteiger partial charge is 0.225 e. The molecule has 1 heterocycles. The average molecular weight is 269 g/mol. The molecule has 0 unspecified atom stereocenters. The fourth-order valence-electron chi connectivity index (χ4n) is 0.821. The molecule has 1 aromatic heterocycles. The third-order valence-electron chi connectivity index (χ3n) is 1.64. The van der Waals surface area contributed by atoms with Crippen molar-refractivity contribution >= 4 is 11.3 Å². The third-order valence-corrected chi connectivity index (χ3v) is 2.65. The highest BCUT2D eigenvalue weighted by Gasteiger charge is 2.07. The van der Waals surface area contributed by atoms with Gasteiger partial charge in [-0.15, -0.1) is 0 Å². The first-order valence-electron chi connectivity index (χ1n) is 3.19. The number of rotatable bonds is 1. The van der Waals surface area contributed by atoms with Gasteiger partial charge < -0.3 is 24.0 Å². The zero-order chi connectivity index (χ0) is 6.85. The zero-order valence-electron chi connectivity index (χ0n) is 6.52. The first kappa shape index (κ1) is 10.4. The lowest BCUT2D eigenvalue weighted by Gasteiger charge is -1.85. The standard InChI is InChI=1S/C7H12NS.HI/c1-4-8-5-9-7(3)6(8)2;/h5H,4H2,1-3H3;1H/q+1;/p-1. The van der Waals surface area contributed by atoms with Crippen molar-refractivity contribution in [2.45, 2.75) is 27.3 Å². The molecule has 1 nitrogen and oxygen atoms in total. The third kappa shape index (κ3) is 1.92. The van der Waals surface area contributed by atoms with Crippen molar-refractivity contribution in [2.75, 3.05) is 0 Å². The van der Waals surface area contributed by atoms with E-state index in [9.17, 15) is 0 Å². The molecule has 0 radical (unpaired) electrons. The Morgan fingerprint density at radius 2 is 2.10 bits per heavy atom. The van der Waals surface area contributed by atoms with Gasteiger partial charge >= 0.3 is 0 Å². The summed E-state index contributed by atoms with van der Waals surface area (Å²) in [7, 11) is 0. The van der Waals surface area contributed by atoms with Gasteiger partial charge in [0.15, 0.2) is 5.69 Å². The van der Waals surface area contributed by atoms with Crippen molar-refractivity contribution in [3.63, 3.8) is 0 Å². The van der Waals surface area contributed by atoms with Gasteiger partial charge in [0.25, 0.3) is 0 Å². The highest BCUT2D eigenvalue weighted by atomic mass is 127. The Morgan fingerprint density at radius 1 is 1.50 bits per heavy atom.